The number of hydrogen-bond acceptors (Lipinski definition) is 5. The van der Waals surface area contributed by atoms with E-state index in [0.717, 1.165) is 34.9 Å². The number of halogens is 1. The van der Waals surface area contributed by atoms with E-state index in [2.05, 4.69) is 22.1 Å². The number of hydrogen-bond donors (Lipinski definition) is 1. The van der Waals surface area contributed by atoms with Crippen LogP contribution >= 0.6 is 11.6 Å². The lowest BCUT2D eigenvalue weighted by atomic mass is 9.91. The number of fused-ring (bicyclic) bond motifs is 1. The van der Waals surface area contributed by atoms with Crippen molar-refractivity contribution in [2.24, 2.45) is 5.41 Å². The molecule has 30 heavy (non-hydrogen) atoms. The monoisotopic (exact) mass is 427 g/mol. The van der Waals surface area contributed by atoms with E-state index in [1.165, 1.54) is 12.8 Å². The Balaban J connectivity index is 1.68. The SMILES string of the molecule is C[C@H](Nc1ncc2c(n1)N(C1CCCC1)CC(C)(C)C(=O)N2C)c1ccc(Cl)cc1. The largest absolute Gasteiger partial charge is 0.351 e. The molecule has 6 nitrogen and oxygen atoms in total. The van der Waals surface area contributed by atoms with Gasteiger partial charge in [0.2, 0.25) is 11.9 Å². The molecule has 1 aliphatic carbocycles. The number of nitrogens with one attached hydrogen (secondary N) is 1. The zero-order valence-corrected chi connectivity index (χ0v) is 18.9. The molecule has 1 aliphatic heterocycles. The van der Waals surface area contributed by atoms with Gasteiger partial charge in [-0.1, -0.05) is 36.6 Å². The fourth-order valence-electron chi connectivity index (χ4n) is 4.56. The molecule has 160 valence electrons. The first-order valence-electron chi connectivity index (χ1n) is 10.7. The van der Waals surface area contributed by atoms with Crippen LogP contribution in [0, 0.1) is 5.41 Å². The molecule has 2 heterocycles. The maximum absolute atomic E-state index is 13.1. The van der Waals surface area contributed by atoms with Crippen molar-refractivity contribution in [2.45, 2.75) is 58.5 Å². The molecule has 2 aliphatic rings. The maximum atomic E-state index is 13.1. The summed E-state index contributed by atoms with van der Waals surface area (Å²) in [7, 11) is 1.83. The van der Waals surface area contributed by atoms with Crippen LogP contribution in [0.25, 0.3) is 0 Å². The number of nitrogens with zero attached hydrogens (tertiary/aromatic N) is 4. The highest BCUT2D eigenvalue weighted by atomic mass is 35.5. The van der Waals surface area contributed by atoms with E-state index in [1.54, 1.807) is 11.1 Å². The molecule has 1 N–H and O–H groups in total. The maximum Gasteiger partial charge on any atom is 0.234 e. The van der Waals surface area contributed by atoms with Crippen LogP contribution in [0.1, 0.15) is 58.1 Å². The lowest BCUT2D eigenvalue weighted by Crippen LogP contribution is -2.45. The molecule has 0 spiro atoms. The predicted octanol–water partition coefficient (Wildman–Crippen LogP) is 5.05. The van der Waals surface area contributed by atoms with Crippen LogP contribution in [-0.2, 0) is 4.79 Å². The number of anilines is 3. The number of aromatic nitrogens is 2. The topological polar surface area (TPSA) is 61.4 Å². The van der Waals surface area contributed by atoms with Crippen LogP contribution in [0.5, 0.6) is 0 Å². The summed E-state index contributed by atoms with van der Waals surface area (Å²) in [5.74, 6) is 1.52. The van der Waals surface area contributed by atoms with Crippen LogP contribution < -0.4 is 15.1 Å². The summed E-state index contributed by atoms with van der Waals surface area (Å²) in [6, 6.07) is 8.22. The molecule has 4 rings (SSSR count). The summed E-state index contributed by atoms with van der Waals surface area (Å²) in [6.45, 7) is 6.78. The summed E-state index contributed by atoms with van der Waals surface area (Å²) >= 11 is 6.02. The van der Waals surface area contributed by atoms with Gasteiger partial charge >= 0.3 is 0 Å². The molecule has 1 saturated carbocycles. The van der Waals surface area contributed by atoms with Crippen molar-refractivity contribution < 1.29 is 4.79 Å². The molecule has 7 heteroatoms. The molecule has 1 amide bonds. The minimum absolute atomic E-state index is 0.0295. The number of amides is 1. The second kappa shape index (κ2) is 8.06. The molecular weight excluding hydrogens is 398 g/mol. The van der Waals surface area contributed by atoms with Gasteiger partial charge in [0, 0.05) is 24.7 Å². The van der Waals surface area contributed by atoms with Gasteiger partial charge in [0.25, 0.3) is 0 Å². The third kappa shape index (κ3) is 3.97. The van der Waals surface area contributed by atoms with E-state index >= 15 is 0 Å². The molecule has 1 atom stereocenters. The van der Waals surface area contributed by atoms with Crippen LogP contribution in [-0.4, -0.2) is 35.5 Å². The lowest BCUT2D eigenvalue weighted by molar-refractivity contribution is -0.125. The third-order valence-corrected chi connectivity index (χ3v) is 6.57. The normalized spacial score (nSPS) is 20.1. The van der Waals surface area contributed by atoms with Crippen LogP contribution in [0.3, 0.4) is 0 Å². The van der Waals surface area contributed by atoms with Crippen LogP contribution in [0.2, 0.25) is 5.02 Å². The molecular formula is C23H30ClN5O. The predicted molar refractivity (Wildman–Crippen MR) is 122 cm³/mol. The number of carbonyl (C=O) groups excluding carboxylic acids is 1. The highest BCUT2D eigenvalue weighted by Gasteiger charge is 2.41. The number of carbonyl (C=O) groups is 1. The Labute approximate surface area is 183 Å². The van der Waals surface area contributed by atoms with Gasteiger partial charge < -0.3 is 15.1 Å². The Bertz CT molecular complexity index is 924. The summed E-state index contributed by atoms with van der Waals surface area (Å²) in [6.07, 6.45) is 6.51. The van der Waals surface area contributed by atoms with Crippen molar-refractivity contribution in [1.29, 1.82) is 0 Å². The van der Waals surface area contributed by atoms with Crippen LogP contribution in [0.4, 0.5) is 17.5 Å². The first-order valence-corrected chi connectivity index (χ1v) is 11.1. The third-order valence-electron chi connectivity index (χ3n) is 6.31. The second-order valence-corrected chi connectivity index (χ2v) is 9.57. The Kier molecular flexibility index (Phi) is 5.62. The van der Waals surface area contributed by atoms with Crippen molar-refractivity contribution in [3.8, 4) is 0 Å². The van der Waals surface area contributed by atoms with Gasteiger partial charge in [0.1, 0.15) is 5.69 Å². The van der Waals surface area contributed by atoms with Gasteiger partial charge in [-0.3, -0.25) is 4.79 Å². The zero-order valence-electron chi connectivity index (χ0n) is 18.2. The molecule has 0 unspecified atom stereocenters. The van der Waals surface area contributed by atoms with Crippen molar-refractivity contribution in [1.82, 2.24) is 9.97 Å². The average Bonchev–Trinajstić information content (AvgIpc) is 3.24. The Morgan fingerprint density at radius 1 is 1.20 bits per heavy atom. The molecule has 1 fully saturated rings. The smallest absolute Gasteiger partial charge is 0.234 e. The minimum Gasteiger partial charge on any atom is -0.351 e. The summed E-state index contributed by atoms with van der Waals surface area (Å²) in [4.78, 5) is 26.6. The van der Waals surface area contributed by atoms with Crippen molar-refractivity contribution >= 4 is 35.0 Å². The van der Waals surface area contributed by atoms with Crippen molar-refractivity contribution in [3.63, 3.8) is 0 Å². The average molecular weight is 428 g/mol. The van der Waals surface area contributed by atoms with E-state index < -0.39 is 5.41 Å². The van der Waals surface area contributed by atoms with Gasteiger partial charge in [-0.2, -0.15) is 4.98 Å². The second-order valence-electron chi connectivity index (χ2n) is 9.13. The summed E-state index contributed by atoms with van der Waals surface area (Å²) in [5.41, 5.74) is 1.41. The Morgan fingerprint density at radius 3 is 2.53 bits per heavy atom. The van der Waals surface area contributed by atoms with Gasteiger partial charge in [-0.15, -0.1) is 0 Å². The fourth-order valence-corrected chi connectivity index (χ4v) is 4.69. The molecule has 0 bridgehead atoms. The zero-order chi connectivity index (χ0) is 21.5. The van der Waals surface area contributed by atoms with Gasteiger partial charge in [-0.05, 0) is 51.3 Å². The number of rotatable bonds is 4. The van der Waals surface area contributed by atoms with E-state index in [0.29, 0.717) is 18.5 Å². The molecule has 1 aromatic carbocycles. The standard InChI is InChI=1S/C23H30ClN5O/c1-15(16-9-11-17(24)12-10-16)26-22-25-13-19-20(27-22)29(18-7-5-6-8-18)14-23(2,3)21(30)28(19)4/h9-13,15,18H,5-8,14H2,1-4H3,(H,25,26,27)/t15-/m0/s1. The summed E-state index contributed by atoms with van der Waals surface area (Å²) in [5, 5.41) is 4.13. The molecule has 1 aromatic heterocycles. The van der Waals surface area contributed by atoms with E-state index in [-0.39, 0.29) is 11.9 Å². The first-order chi connectivity index (χ1) is 14.3. The lowest BCUT2D eigenvalue weighted by Gasteiger charge is -2.34. The number of benzene rings is 1. The van der Waals surface area contributed by atoms with Gasteiger partial charge in [0.15, 0.2) is 5.82 Å². The van der Waals surface area contributed by atoms with E-state index in [4.69, 9.17) is 16.6 Å². The summed E-state index contributed by atoms with van der Waals surface area (Å²) < 4.78 is 0. The van der Waals surface area contributed by atoms with E-state index in [1.807, 2.05) is 45.2 Å². The highest BCUT2D eigenvalue weighted by Crippen LogP contribution is 2.40. The molecule has 0 saturated heterocycles. The van der Waals surface area contributed by atoms with E-state index in [9.17, 15) is 4.79 Å². The van der Waals surface area contributed by atoms with Crippen molar-refractivity contribution in [2.75, 3.05) is 28.7 Å². The van der Waals surface area contributed by atoms with Crippen molar-refractivity contribution in [3.05, 3.63) is 41.0 Å². The quantitative estimate of drug-likeness (QED) is 0.739. The fraction of sp³-hybridized carbons (Fsp3) is 0.522. The van der Waals surface area contributed by atoms with Gasteiger partial charge in [0.05, 0.1) is 17.7 Å². The first kappa shape index (κ1) is 20.9. The minimum atomic E-state index is -0.484. The highest BCUT2D eigenvalue weighted by molar-refractivity contribution is 6.30. The Hall–Kier alpha value is -2.34. The van der Waals surface area contributed by atoms with Crippen LogP contribution in [0.15, 0.2) is 30.5 Å². The molecule has 2 aromatic rings. The molecule has 0 radical (unpaired) electrons. The van der Waals surface area contributed by atoms with Gasteiger partial charge in [-0.25, -0.2) is 4.98 Å². The Morgan fingerprint density at radius 2 is 1.87 bits per heavy atom.